The van der Waals surface area contributed by atoms with Crippen LogP contribution in [0.1, 0.15) is 36.7 Å². The third-order valence-corrected chi connectivity index (χ3v) is 4.13. The first-order valence-electron chi connectivity index (χ1n) is 9.12. The van der Waals surface area contributed by atoms with Crippen LogP contribution in [0.2, 0.25) is 0 Å². The number of hydrogen-bond acceptors (Lipinski definition) is 5. The van der Waals surface area contributed by atoms with Crippen LogP contribution in [0.4, 0.5) is 5.69 Å². The fourth-order valence-electron chi connectivity index (χ4n) is 2.68. The number of carbonyl (C=O) groups is 1. The van der Waals surface area contributed by atoms with E-state index in [2.05, 4.69) is 29.3 Å². The lowest BCUT2D eigenvalue weighted by Gasteiger charge is -2.20. The van der Waals surface area contributed by atoms with Crippen LogP contribution in [0, 0.1) is 0 Å². The Balaban J connectivity index is 2.00. The van der Waals surface area contributed by atoms with Crippen LogP contribution >= 0.6 is 0 Å². The predicted molar refractivity (Wildman–Crippen MR) is 109 cm³/mol. The van der Waals surface area contributed by atoms with Crippen molar-refractivity contribution in [3.63, 3.8) is 0 Å². The molecule has 27 heavy (non-hydrogen) atoms. The van der Waals surface area contributed by atoms with Gasteiger partial charge in [-0.3, -0.25) is 4.79 Å². The van der Waals surface area contributed by atoms with E-state index in [1.165, 1.54) is 0 Å². The molecule has 0 atom stereocenters. The monoisotopic (exact) mass is 369 g/mol. The summed E-state index contributed by atoms with van der Waals surface area (Å²) in [4.78, 5) is 14.5. The molecule has 0 fully saturated rings. The molecule has 6 heteroatoms. The van der Waals surface area contributed by atoms with E-state index in [-0.39, 0.29) is 5.91 Å². The Morgan fingerprint density at radius 2 is 1.78 bits per heavy atom. The van der Waals surface area contributed by atoms with Crippen LogP contribution in [0.15, 0.2) is 47.6 Å². The molecule has 0 aliphatic heterocycles. The highest BCUT2D eigenvalue weighted by Gasteiger charge is 2.07. The molecule has 0 heterocycles. The van der Waals surface area contributed by atoms with Crippen molar-refractivity contribution in [3.05, 3.63) is 53.6 Å². The van der Waals surface area contributed by atoms with Crippen LogP contribution in [0.25, 0.3) is 0 Å². The summed E-state index contributed by atoms with van der Waals surface area (Å²) in [6, 6.07) is 13.0. The zero-order valence-corrected chi connectivity index (χ0v) is 16.4. The molecule has 6 nitrogen and oxygen atoms in total. The van der Waals surface area contributed by atoms with Gasteiger partial charge in [0.05, 0.1) is 19.9 Å². The number of ether oxygens (including phenoxy) is 2. The standard InChI is InChI=1S/C21H27N3O3/c1-5-24(6-2)18-11-9-17(10-12-18)21(25)23-22-15-16-8-13-19(27-7-3)20(14-16)26-4/h8-15H,5-7H2,1-4H3,(H,23,25)/b22-15+. The number of nitrogens with one attached hydrogen (secondary N) is 1. The van der Waals surface area contributed by atoms with E-state index in [4.69, 9.17) is 9.47 Å². The van der Waals surface area contributed by atoms with Crippen LogP contribution in [-0.4, -0.2) is 38.9 Å². The Hall–Kier alpha value is -3.02. The van der Waals surface area contributed by atoms with Crippen molar-refractivity contribution in [2.75, 3.05) is 31.7 Å². The Bertz CT molecular complexity index is 769. The average Bonchev–Trinajstić information content (AvgIpc) is 2.70. The second kappa shape index (κ2) is 10.2. The zero-order valence-electron chi connectivity index (χ0n) is 16.4. The van der Waals surface area contributed by atoms with E-state index in [0.717, 1.165) is 24.3 Å². The van der Waals surface area contributed by atoms with E-state index in [1.807, 2.05) is 31.2 Å². The van der Waals surface area contributed by atoms with Gasteiger partial charge in [0, 0.05) is 24.3 Å². The number of anilines is 1. The number of hydrogen-bond donors (Lipinski definition) is 1. The number of nitrogens with zero attached hydrogens (tertiary/aromatic N) is 2. The Kier molecular flexibility index (Phi) is 7.67. The van der Waals surface area contributed by atoms with Gasteiger partial charge in [-0.15, -0.1) is 0 Å². The summed E-state index contributed by atoms with van der Waals surface area (Å²) >= 11 is 0. The maximum absolute atomic E-state index is 12.2. The van der Waals surface area contributed by atoms with Gasteiger partial charge in [0.2, 0.25) is 0 Å². The first-order chi connectivity index (χ1) is 13.1. The molecule has 0 spiro atoms. The first kappa shape index (κ1) is 20.3. The summed E-state index contributed by atoms with van der Waals surface area (Å²) < 4.78 is 10.8. The molecule has 0 aliphatic carbocycles. The average molecular weight is 369 g/mol. The van der Waals surface area contributed by atoms with Gasteiger partial charge in [-0.2, -0.15) is 5.10 Å². The zero-order chi connectivity index (χ0) is 19.6. The summed E-state index contributed by atoms with van der Waals surface area (Å²) in [5, 5.41) is 4.03. The molecule has 0 radical (unpaired) electrons. The molecule has 0 aromatic heterocycles. The second-order valence-electron chi connectivity index (χ2n) is 5.76. The Morgan fingerprint density at radius 1 is 1.07 bits per heavy atom. The quantitative estimate of drug-likeness (QED) is 0.541. The highest BCUT2D eigenvalue weighted by molar-refractivity contribution is 5.95. The van der Waals surface area contributed by atoms with Gasteiger partial charge >= 0.3 is 0 Å². The van der Waals surface area contributed by atoms with Crippen LogP contribution in [0.5, 0.6) is 11.5 Å². The maximum Gasteiger partial charge on any atom is 0.271 e. The molecule has 2 aromatic carbocycles. The van der Waals surface area contributed by atoms with Crippen LogP contribution in [-0.2, 0) is 0 Å². The lowest BCUT2D eigenvalue weighted by Crippen LogP contribution is -2.22. The van der Waals surface area contributed by atoms with Gasteiger partial charge in [-0.05, 0) is 68.8 Å². The molecular weight excluding hydrogens is 342 g/mol. The molecule has 0 saturated heterocycles. The predicted octanol–water partition coefficient (Wildman–Crippen LogP) is 3.70. The van der Waals surface area contributed by atoms with E-state index in [1.54, 1.807) is 31.5 Å². The molecule has 0 unspecified atom stereocenters. The lowest BCUT2D eigenvalue weighted by atomic mass is 10.2. The summed E-state index contributed by atoms with van der Waals surface area (Å²) in [6.07, 6.45) is 1.57. The van der Waals surface area contributed by atoms with Crippen molar-refractivity contribution >= 4 is 17.8 Å². The number of rotatable bonds is 9. The third kappa shape index (κ3) is 5.48. The first-order valence-corrected chi connectivity index (χ1v) is 9.12. The van der Waals surface area contributed by atoms with Crippen molar-refractivity contribution < 1.29 is 14.3 Å². The van der Waals surface area contributed by atoms with Crippen molar-refractivity contribution in [1.29, 1.82) is 0 Å². The van der Waals surface area contributed by atoms with E-state index < -0.39 is 0 Å². The molecule has 0 saturated carbocycles. The van der Waals surface area contributed by atoms with Crippen molar-refractivity contribution in [3.8, 4) is 11.5 Å². The fourth-order valence-corrected chi connectivity index (χ4v) is 2.68. The summed E-state index contributed by atoms with van der Waals surface area (Å²) in [5.41, 5.74) is 5.01. The minimum atomic E-state index is -0.254. The smallest absolute Gasteiger partial charge is 0.271 e. The van der Waals surface area contributed by atoms with Gasteiger partial charge < -0.3 is 14.4 Å². The molecule has 1 N–H and O–H groups in total. The van der Waals surface area contributed by atoms with E-state index in [0.29, 0.717) is 23.7 Å². The minimum absolute atomic E-state index is 0.254. The van der Waals surface area contributed by atoms with Crippen molar-refractivity contribution in [2.24, 2.45) is 5.10 Å². The normalized spacial score (nSPS) is 10.7. The largest absolute Gasteiger partial charge is 0.493 e. The summed E-state index contributed by atoms with van der Waals surface area (Å²) in [5.74, 6) is 1.05. The number of hydrazone groups is 1. The number of methoxy groups -OCH3 is 1. The van der Waals surface area contributed by atoms with Crippen LogP contribution in [0.3, 0.4) is 0 Å². The number of amides is 1. The number of carbonyl (C=O) groups excluding carboxylic acids is 1. The molecule has 1 amide bonds. The maximum atomic E-state index is 12.2. The molecule has 0 aliphatic rings. The third-order valence-electron chi connectivity index (χ3n) is 4.13. The topological polar surface area (TPSA) is 63.2 Å². The molecule has 144 valence electrons. The van der Waals surface area contributed by atoms with Crippen LogP contribution < -0.4 is 19.8 Å². The van der Waals surface area contributed by atoms with Gasteiger partial charge in [0.25, 0.3) is 5.91 Å². The molecule has 2 aromatic rings. The Morgan fingerprint density at radius 3 is 2.37 bits per heavy atom. The Labute approximate surface area is 160 Å². The van der Waals surface area contributed by atoms with E-state index >= 15 is 0 Å². The SMILES string of the molecule is CCOc1ccc(/C=N/NC(=O)c2ccc(N(CC)CC)cc2)cc1OC. The lowest BCUT2D eigenvalue weighted by molar-refractivity contribution is 0.0955. The molecule has 0 bridgehead atoms. The minimum Gasteiger partial charge on any atom is -0.493 e. The molecular formula is C21H27N3O3. The van der Waals surface area contributed by atoms with Gasteiger partial charge in [0.1, 0.15) is 0 Å². The van der Waals surface area contributed by atoms with Crippen molar-refractivity contribution in [1.82, 2.24) is 5.43 Å². The number of benzene rings is 2. The van der Waals surface area contributed by atoms with Gasteiger partial charge in [-0.25, -0.2) is 5.43 Å². The molecule has 2 rings (SSSR count). The highest BCUT2D eigenvalue weighted by atomic mass is 16.5. The van der Waals surface area contributed by atoms with E-state index in [9.17, 15) is 4.79 Å². The summed E-state index contributed by atoms with van der Waals surface area (Å²) in [6.45, 7) is 8.55. The van der Waals surface area contributed by atoms with Crippen molar-refractivity contribution in [2.45, 2.75) is 20.8 Å². The fraction of sp³-hybridized carbons (Fsp3) is 0.333. The second-order valence-corrected chi connectivity index (χ2v) is 5.76. The highest BCUT2D eigenvalue weighted by Crippen LogP contribution is 2.27. The van der Waals surface area contributed by atoms with Gasteiger partial charge in [0.15, 0.2) is 11.5 Å². The summed E-state index contributed by atoms with van der Waals surface area (Å²) in [7, 11) is 1.59. The van der Waals surface area contributed by atoms with Gasteiger partial charge in [-0.1, -0.05) is 0 Å².